The van der Waals surface area contributed by atoms with Crippen LogP contribution >= 0.6 is 0 Å². The molecule has 0 aromatic carbocycles. The Labute approximate surface area is 197 Å². The number of hydrogen-bond donors (Lipinski definition) is 1. The molecular weight excluding hydrogens is 406 g/mol. The van der Waals surface area contributed by atoms with Crippen LogP contribution < -0.4 is 0 Å². The zero-order valence-electron chi connectivity index (χ0n) is 21.6. The van der Waals surface area contributed by atoms with Gasteiger partial charge in [-0.15, -0.1) is 0 Å². The van der Waals surface area contributed by atoms with Crippen molar-refractivity contribution in [2.45, 2.75) is 98.8 Å². The summed E-state index contributed by atoms with van der Waals surface area (Å²) < 4.78 is 10.5. The lowest BCUT2D eigenvalue weighted by molar-refractivity contribution is -0.145. The minimum absolute atomic E-state index is 0.0812. The summed E-state index contributed by atoms with van der Waals surface area (Å²) in [4.78, 5) is 25.8. The first kappa shape index (κ1) is 30.9. The molecule has 0 bridgehead atoms. The van der Waals surface area contributed by atoms with Crippen LogP contribution in [0.15, 0.2) is 0 Å². The molecule has 1 N–H and O–H groups in total. The van der Waals surface area contributed by atoms with Crippen molar-refractivity contribution >= 4 is 11.9 Å². The zero-order chi connectivity index (χ0) is 24.2. The molecule has 190 valence electrons. The Balaban J connectivity index is 4.19. The number of rotatable bonds is 21. The summed E-state index contributed by atoms with van der Waals surface area (Å²) in [6.45, 7) is 14.2. The molecule has 0 radical (unpaired) electrons. The van der Waals surface area contributed by atoms with E-state index in [0.29, 0.717) is 43.8 Å². The Bertz CT molecular complexity index is 433. The average Bonchev–Trinajstić information content (AvgIpc) is 2.74. The highest BCUT2D eigenvalue weighted by Gasteiger charge is 2.14. The summed E-state index contributed by atoms with van der Waals surface area (Å²) in [7, 11) is 0. The number of esters is 2. The van der Waals surface area contributed by atoms with Gasteiger partial charge in [-0.2, -0.15) is 0 Å². The predicted octanol–water partition coefficient (Wildman–Crippen LogP) is 5.22. The fourth-order valence-corrected chi connectivity index (χ4v) is 3.63. The fraction of sp³-hybridized carbons (Fsp3) is 0.923. The van der Waals surface area contributed by atoms with Crippen molar-refractivity contribution < 1.29 is 24.2 Å². The minimum atomic E-state index is -0.0812. The summed E-state index contributed by atoms with van der Waals surface area (Å²) in [6, 6.07) is 0. The minimum Gasteiger partial charge on any atom is -0.465 e. The van der Waals surface area contributed by atoms with E-state index in [0.717, 1.165) is 71.0 Å². The lowest BCUT2D eigenvalue weighted by atomic mass is 9.93. The topological polar surface area (TPSA) is 76.1 Å². The van der Waals surface area contributed by atoms with Crippen LogP contribution in [0, 0.1) is 17.8 Å². The van der Waals surface area contributed by atoms with Gasteiger partial charge in [0.05, 0.1) is 19.8 Å². The molecule has 0 saturated carbocycles. The first-order valence-electron chi connectivity index (χ1n) is 12.9. The van der Waals surface area contributed by atoms with Crippen molar-refractivity contribution in [1.82, 2.24) is 4.90 Å². The molecule has 0 saturated heterocycles. The van der Waals surface area contributed by atoms with Gasteiger partial charge in [0.1, 0.15) is 0 Å². The SMILES string of the molecule is CCN(CCO)CC(CCCCCC(=O)OCC(C)C)CCCCCC(=O)OCC(C)C. The third-order valence-electron chi connectivity index (χ3n) is 5.52. The van der Waals surface area contributed by atoms with Gasteiger partial charge in [0.2, 0.25) is 0 Å². The highest BCUT2D eigenvalue weighted by Crippen LogP contribution is 2.20. The molecule has 0 fully saturated rings. The van der Waals surface area contributed by atoms with Crippen LogP contribution in [0.2, 0.25) is 0 Å². The van der Waals surface area contributed by atoms with Crippen molar-refractivity contribution in [1.29, 1.82) is 0 Å². The van der Waals surface area contributed by atoms with Crippen LogP contribution in [-0.4, -0.2) is 61.4 Å². The average molecular weight is 458 g/mol. The molecule has 0 rings (SSSR count). The van der Waals surface area contributed by atoms with Crippen LogP contribution in [0.3, 0.4) is 0 Å². The molecule has 32 heavy (non-hydrogen) atoms. The van der Waals surface area contributed by atoms with E-state index < -0.39 is 0 Å². The molecule has 6 heteroatoms. The molecule has 0 aliphatic heterocycles. The zero-order valence-corrected chi connectivity index (χ0v) is 21.6. The number of carbonyl (C=O) groups excluding carboxylic acids is 2. The molecule has 0 aliphatic carbocycles. The van der Waals surface area contributed by atoms with E-state index >= 15 is 0 Å². The summed E-state index contributed by atoms with van der Waals surface area (Å²) in [5.74, 6) is 1.18. The lowest BCUT2D eigenvalue weighted by Crippen LogP contribution is -2.32. The van der Waals surface area contributed by atoms with Gasteiger partial charge >= 0.3 is 11.9 Å². The number of aliphatic hydroxyl groups excluding tert-OH is 1. The summed E-state index contributed by atoms with van der Waals surface area (Å²) >= 11 is 0. The second kappa shape index (κ2) is 20.5. The van der Waals surface area contributed by atoms with Gasteiger partial charge in [-0.1, -0.05) is 60.3 Å². The lowest BCUT2D eigenvalue weighted by Gasteiger charge is -2.26. The molecular formula is C26H51NO5. The largest absolute Gasteiger partial charge is 0.465 e. The van der Waals surface area contributed by atoms with Gasteiger partial charge in [-0.3, -0.25) is 9.59 Å². The Morgan fingerprint density at radius 3 is 1.62 bits per heavy atom. The third-order valence-corrected chi connectivity index (χ3v) is 5.52. The normalized spacial score (nSPS) is 11.7. The number of ether oxygens (including phenoxy) is 2. The van der Waals surface area contributed by atoms with Crippen LogP contribution in [0.1, 0.15) is 98.8 Å². The van der Waals surface area contributed by atoms with E-state index in [-0.39, 0.29) is 18.5 Å². The smallest absolute Gasteiger partial charge is 0.305 e. The Hall–Kier alpha value is -1.14. The van der Waals surface area contributed by atoms with E-state index in [1.165, 1.54) is 0 Å². The van der Waals surface area contributed by atoms with Crippen molar-refractivity contribution in [3.8, 4) is 0 Å². The number of unbranched alkanes of at least 4 members (excludes halogenated alkanes) is 4. The molecule has 0 amide bonds. The van der Waals surface area contributed by atoms with Crippen molar-refractivity contribution in [3.05, 3.63) is 0 Å². The van der Waals surface area contributed by atoms with E-state index in [1.54, 1.807) is 0 Å². The van der Waals surface area contributed by atoms with Crippen LogP contribution in [0.4, 0.5) is 0 Å². The van der Waals surface area contributed by atoms with Crippen molar-refractivity contribution in [2.24, 2.45) is 17.8 Å². The number of nitrogens with zero attached hydrogens (tertiary/aromatic N) is 1. The molecule has 0 aromatic rings. The van der Waals surface area contributed by atoms with Gasteiger partial charge < -0.3 is 19.5 Å². The monoisotopic (exact) mass is 457 g/mol. The van der Waals surface area contributed by atoms with E-state index in [9.17, 15) is 14.7 Å². The van der Waals surface area contributed by atoms with Gasteiger partial charge in [0.25, 0.3) is 0 Å². The number of carbonyl (C=O) groups is 2. The van der Waals surface area contributed by atoms with Crippen LogP contribution in [-0.2, 0) is 19.1 Å². The molecule has 0 aliphatic rings. The molecule has 0 aromatic heterocycles. The number of hydrogen-bond acceptors (Lipinski definition) is 6. The van der Waals surface area contributed by atoms with E-state index in [4.69, 9.17) is 9.47 Å². The summed E-state index contributed by atoms with van der Waals surface area (Å²) in [6.07, 6.45) is 9.37. The van der Waals surface area contributed by atoms with Crippen molar-refractivity contribution in [2.75, 3.05) is 39.5 Å². The third kappa shape index (κ3) is 19.5. The van der Waals surface area contributed by atoms with Crippen LogP contribution in [0.25, 0.3) is 0 Å². The number of likely N-dealkylation sites (N-methyl/N-ethyl adjacent to an activating group) is 1. The van der Waals surface area contributed by atoms with Gasteiger partial charge in [-0.05, 0) is 50.0 Å². The predicted molar refractivity (Wildman–Crippen MR) is 130 cm³/mol. The highest BCUT2D eigenvalue weighted by molar-refractivity contribution is 5.69. The van der Waals surface area contributed by atoms with E-state index in [1.807, 2.05) is 27.7 Å². The quantitative estimate of drug-likeness (QED) is 0.188. The summed E-state index contributed by atoms with van der Waals surface area (Å²) in [5.41, 5.74) is 0. The number of aliphatic hydroxyl groups is 1. The molecule has 6 nitrogen and oxygen atoms in total. The Kier molecular flexibility index (Phi) is 19.7. The molecule has 0 spiro atoms. The van der Waals surface area contributed by atoms with Gasteiger partial charge in [0, 0.05) is 25.9 Å². The van der Waals surface area contributed by atoms with Crippen molar-refractivity contribution in [3.63, 3.8) is 0 Å². The highest BCUT2D eigenvalue weighted by atomic mass is 16.5. The maximum absolute atomic E-state index is 11.7. The second-order valence-electron chi connectivity index (χ2n) is 9.84. The Morgan fingerprint density at radius 2 is 1.25 bits per heavy atom. The fourth-order valence-electron chi connectivity index (χ4n) is 3.63. The molecule has 0 atom stereocenters. The maximum atomic E-state index is 11.7. The first-order valence-corrected chi connectivity index (χ1v) is 12.9. The van der Waals surface area contributed by atoms with Gasteiger partial charge in [0.15, 0.2) is 0 Å². The molecule has 0 heterocycles. The first-order chi connectivity index (χ1) is 15.3. The molecule has 0 unspecified atom stereocenters. The Morgan fingerprint density at radius 1 is 0.781 bits per heavy atom. The maximum Gasteiger partial charge on any atom is 0.305 e. The van der Waals surface area contributed by atoms with Crippen LogP contribution in [0.5, 0.6) is 0 Å². The van der Waals surface area contributed by atoms with Gasteiger partial charge in [-0.25, -0.2) is 0 Å². The van der Waals surface area contributed by atoms with E-state index in [2.05, 4.69) is 11.8 Å². The second-order valence-corrected chi connectivity index (χ2v) is 9.84. The standard InChI is InChI=1S/C26H51NO5/c1-6-27(17-18-28)19-24(13-9-7-11-15-25(29)31-20-22(2)3)14-10-8-12-16-26(30)32-21-23(4)5/h22-24,28H,6-21H2,1-5H3. The summed E-state index contributed by atoms with van der Waals surface area (Å²) in [5, 5.41) is 9.30.